The van der Waals surface area contributed by atoms with Crippen LogP contribution in [-0.2, 0) is 6.67 Å². The molecule has 0 atom stereocenters. The van der Waals surface area contributed by atoms with Gasteiger partial charge < -0.3 is 15.6 Å². The number of hydrogen-bond acceptors (Lipinski definition) is 4. The molecule has 3 N–H and O–H groups in total. The zero-order valence-electron chi connectivity index (χ0n) is 16.7. The van der Waals surface area contributed by atoms with Crippen molar-refractivity contribution >= 4 is 55.6 Å². The molecule has 0 unspecified atom stereocenters. The van der Waals surface area contributed by atoms with E-state index in [4.69, 9.17) is 0 Å². The topological polar surface area (TPSA) is 86.9 Å². The van der Waals surface area contributed by atoms with Crippen molar-refractivity contribution in [2.75, 3.05) is 10.6 Å². The average Bonchev–Trinajstić information content (AvgIpc) is 3.46. The molecule has 32 heavy (non-hydrogen) atoms. The summed E-state index contributed by atoms with van der Waals surface area (Å²) in [7, 11) is 0. The molecule has 0 fully saturated rings. The first-order valence-electron chi connectivity index (χ1n) is 9.84. The highest BCUT2D eigenvalue weighted by molar-refractivity contribution is 7.21. The lowest BCUT2D eigenvalue weighted by molar-refractivity contribution is 0.102. The first-order valence-corrected chi connectivity index (χ1v) is 10.7. The Morgan fingerprint density at radius 2 is 1.75 bits per heavy atom. The summed E-state index contributed by atoms with van der Waals surface area (Å²) in [6.07, 6.45) is 3.57. The fourth-order valence-electron chi connectivity index (χ4n) is 3.47. The zero-order valence-corrected chi connectivity index (χ0v) is 17.5. The summed E-state index contributed by atoms with van der Waals surface area (Å²) < 4.78 is 13.9. The lowest BCUT2D eigenvalue weighted by Crippen LogP contribution is -2.13. The highest BCUT2D eigenvalue weighted by atomic mass is 32.1. The highest BCUT2D eigenvalue weighted by Crippen LogP contribution is 2.31. The van der Waals surface area contributed by atoms with Crippen LogP contribution in [0.4, 0.5) is 15.8 Å². The normalized spacial score (nSPS) is 11.0. The second-order valence-corrected chi connectivity index (χ2v) is 8.27. The fourth-order valence-corrected chi connectivity index (χ4v) is 4.53. The maximum absolute atomic E-state index is 12.9. The predicted molar refractivity (Wildman–Crippen MR) is 125 cm³/mol. The van der Waals surface area contributed by atoms with E-state index in [-0.39, 0.29) is 11.8 Å². The number of pyridine rings is 1. The van der Waals surface area contributed by atoms with Gasteiger partial charge >= 0.3 is 0 Å². The number of carbonyl (C=O) groups is 2. The van der Waals surface area contributed by atoms with Gasteiger partial charge in [-0.05, 0) is 48.0 Å². The highest BCUT2D eigenvalue weighted by Gasteiger charge is 2.14. The number of hydrogen-bond donors (Lipinski definition) is 3. The van der Waals surface area contributed by atoms with Crippen molar-refractivity contribution in [1.29, 1.82) is 0 Å². The molecule has 0 saturated heterocycles. The van der Waals surface area contributed by atoms with Crippen LogP contribution in [0.15, 0.2) is 73.1 Å². The Morgan fingerprint density at radius 1 is 0.969 bits per heavy atom. The van der Waals surface area contributed by atoms with Crippen LogP contribution in [0.3, 0.4) is 0 Å². The summed E-state index contributed by atoms with van der Waals surface area (Å²) >= 11 is 1.40. The number of H-pyrrole nitrogens is 1. The third-order valence-corrected chi connectivity index (χ3v) is 6.19. The van der Waals surface area contributed by atoms with Gasteiger partial charge in [-0.25, -0.2) is 9.37 Å². The molecule has 2 aromatic carbocycles. The Hall–Kier alpha value is -4.04. The van der Waals surface area contributed by atoms with Crippen LogP contribution in [0.5, 0.6) is 0 Å². The number of aromatic nitrogens is 2. The van der Waals surface area contributed by atoms with E-state index in [9.17, 15) is 14.0 Å². The second-order valence-electron chi connectivity index (χ2n) is 7.22. The summed E-state index contributed by atoms with van der Waals surface area (Å²) in [5.41, 5.74) is 2.66. The molecule has 6 nitrogen and oxygen atoms in total. The van der Waals surface area contributed by atoms with Gasteiger partial charge in [0.1, 0.15) is 12.3 Å². The molecule has 5 rings (SSSR count). The number of anilines is 2. The van der Waals surface area contributed by atoms with Gasteiger partial charge in [0.2, 0.25) is 0 Å². The van der Waals surface area contributed by atoms with Crippen molar-refractivity contribution in [1.82, 2.24) is 9.97 Å². The number of benzene rings is 2. The van der Waals surface area contributed by atoms with Crippen LogP contribution in [0.1, 0.15) is 25.6 Å². The van der Waals surface area contributed by atoms with Gasteiger partial charge in [-0.3, -0.25) is 9.59 Å². The van der Waals surface area contributed by atoms with Crippen molar-refractivity contribution in [3.63, 3.8) is 0 Å². The number of carbonyl (C=O) groups excluding carboxylic acids is 2. The molecule has 3 aromatic heterocycles. The molecule has 0 bridgehead atoms. The zero-order chi connectivity index (χ0) is 22.1. The number of rotatable bonds is 5. The van der Waals surface area contributed by atoms with E-state index >= 15 is 0 Å². The van der Waals surface area contributed by atoms with Gasteiger partial charge in [0.15, 0.2) is 0 Å². The van der Waals surface area contributed by atoms with E-state index in [0.29, 0.717) is 27.4 Å². The quantitative estimate of drug-likeness (QED) is 0.322. The van der Waals surface area contributed by atoms with Crippen LogP contribution in [-0.4, -0.2) is 21.8 Å². The molecule has 0 aliphatic heterocycles. The molecule has 158 valence electrons. The average molecular weight is 444 g/mol. The van der Waals surface area contributed by atoms with E-state index in [2.05, 4.69) is 20.6 Å². The van der Waals surface area contributed by atoms with Gasteiger partial charge in [0.25, 0.3) is 11.8 Å². The number of aromatic amines is 1. The molecule has 3 heterocycles. The van der Waals surface area contributed by atoms with Gasteiger partial charge in [0, 0.05) is 44.8 Å². The van der Waals surface area contributed by atoms with E-state index < -0.39 is 6.67 Å². The number of nitrogens with zero attached hydrogens (tertiary/aromatic N) is 1. The van der Waals surface area contributed by atoms with Crippen LogP contribution in [0.25, 0.3) is 21.1 Å². The summed E-state index contributed by atoms with van der Waals surface area (Å²) in [5, 5.41) is 7.54. The minimum absolute atomic E-state index is 0.242. The fraction of sp³-hybridized carbons (Fsp3) is 0.0417. The Labute approximate surface area is 186 Å². The smallest absolute Gasteiger partial charge is 0.265 e. The molecular weight excluding hydrogens is 427 g/mol. The number of amides is 2. The molecule has 8 heteroatoms. The van der Waals surface area contributed by atoms with Crippen molar-refractivity contribution < 1.29 is 14.0 Å². The number of alkyl halides is 1. The summed E-state index contributed by atoms with van der Waals surface area (Å²) in [6, 6.07) is 17.0. The summed E-state index contributed by atoms with van der Waals surface area (Å²) in [4.78, 5) is 33.3. The van der Waals surface area contributed by atoms with Crippen LogP contribution in [0.2, 0.25) is 0 Å². The van der Waals surface area contributed by atoms with Crippen LogP contribution >= 0.6 is 11.3 Å². The van der Waals surface area contributed by atoms with Gasteiger partial charge in [0.05, 0.1) is 4.88 Å². The number of nitrogens with one attached hydrogen (secondary N) is 3. The summed E-state index contributed by atoms with van der Waals surface area (Å²) in [5.74, 6) is -0.592. The first-order chi connectivity index (χ1) is 15.6. The third kappa shape index (κ3) is 3.83. The lowest BCUT2D eigenvalue weighted by Gasteiger charge is -2.09. The van der Waals surface area contributed by atoms with Gasteiger partial charge in [-0.2, -0.15) is 0 Å². The molecule has 5 aromatic rings. The second kappa shape index (κ2) is 8.24. The van der Waals surface area contributed by atoms with Crippen LogP contribution < -0.4 is 10.6 Å². The summed E-state index contributed by atoms with van der Waals surface area (Å²) in [6.45, 7) is -0.633. The molecule has 0 aliphatic carbocycles. The monoisotopic (exact) mass is 444 g/mol. The number of halogens is 1. The maximum atomic E-state index is 12.9. The molecule has 0 radical (unpaired) electrons. The van der Waals surface area contributed by atoms with Crippen molar-refractivity contribution in [2.24, 2.45) is 0 Å². The molecule has 2 amide bonds. The minimum Gasteiger partial charge on any atom is -0.346 e. The van der Waals surface area contributed by atoms with E-state index in [1.54, 1.807) is 48.7 Å². The molecule has 0 saturated carbocycles. The van der Waals surface area contributed by atoms with E-state index in [0.717, 1.165) is 21.1 Å². The third-order valence-electron chi connectivity index (χ3n) is 5.01. The molecular formula is C24H17FN4O2S. The van der Waals surface area contributed by atoms with Gasteiger partial charge in [-0.15, -0.1) is 11.3 Å². The number of thiophene rings is 1. The maximum Gasteiger partial charge on any atom is 0.265 e. The lowest BCUT2D eigenvalue weighted by atomic mass is 10.1. The molecule has 0 spiro atoms. The Morgan fingerprint density at radius 3 is 2.56 bits per heavy atom. The first kappa shape index (κ1) is 19.9. The largest absolute Gasteiger partial charge is 0.346 e. The predicted octanol–water partition coefficient (Wildman–Crippen LogP) is 5.75. The standard InChI is InChI=1S/C24H17FN4O2S/c25-12-14-3-1-4-15(9-14)23(30)28-17-5-2-6-18(11-17)29-24(31)20-10-16-13-27-22-19(7-8-26-22)21(16)32-20/h1-11,13H,12H2,(H,26,27)(H,28,30)(H,29,31). The van der Waals surface area contributed by atoms with E-state index in [1.807, 2.05) is 18.3 Å². The Balaban J connectivity index is 1.33. The molecule has 0 aliphatic rings. The minimum atomic E-state index is -0.633. The Kier molecular flexibility index (Phi) is 5.12. The Bertz CT molecular complexity index is 1470. The van der Waals surface area contributed by atoms with Gasteiger partial charge in [-0.1, -0.05) is 18.2 Å². The van der Waals surface area contributed by atoms with Crippen molar-refractivity contribution in [3.8, 4) is 0 Å². The SMILES string of the molecule is O=C(Nc1cccc(NC(=O)c2cc3cnc4[nH]ccc4c3s2)c1)c1cccc(CF)c1. The van der Waals surface area contributed by atoms with Crippen molar-refractivity contribution in [3.05, 3.63) is 89.1 Å². The van der Waals surface area contributed by atoms with E-state index in [1.165, 1.54) is 17.4 Å². The number of fused-ring (bicyclic) bond motifs is 3. The van der Waals surface area contributed by atoms with Crippen LogP contribution in [0, 0.1) is 0 Å². The van der Waals surface area contributed by atoms with Crippen molar-refractivity contribution in [2.45, 2.75) is 6.67 Å².